The Labute approximate surface area is 226 Å². The van der Waals surface area contributed by atoms with E-state index in [0.717, 1.165) is 59.4 Å². The highest BCUT2D eigenvalue weighted by atomic mass is 32.2. The number of alkyl halides is 4. The minimum absolute atomic E-state index is 0.0477. The van der Waals surface area contributed by atoms with Crippen LogP contribution in [0, 0.1) is 5.82 Å². The molecular weight excluding hydrogens is 557 g/mol. The Morgan fingerprint density at radius 2 is 1.73 bits per heavy atom. The topological polar surface area (TPSA) is 105 Å². The fraction of sp³-hybridized carbons (Fsp3) is 0.385. The highest BCUT2D eigenvalue weighted by molar-refractivity contribution is 7.89. The molecule has 5 rings (SSSR count). The first-order valence-electron chi connectivity index (χ1n) is 12.5. The molecule has 1 aliphatic carbocycles. The van der Waals surface area contributed by atoms with Crippen molar-refractivity contribution >= 4 is 15.9 Å². The maximum absolute atomic E-state index is 14.7. The molecule has 2 aliphatic rings. The van der Waals surface area contributed by atoms with Crippen LogP contribution in [0.2, 0.25) is 0 Å². The van der Waals surface area contributed by atoms with Crippen LogP contribution in [-0.4, -0.2) is 51.8 Å². The molecule has 1 aliphatic heterocycles. The van der Waals surface area contributed by atoms with Gasteiger partial charge in [0.1, 0.15) is 18.0 Å². The van der Waals surface area contributed by atoms with E-state index >= 15 is 0 Å². The monoisotopic (exact) mass is 581 g/mol. The lowest BCUT2D eigenvalue weighted by Crippen LogP contribution is -2.48. The van der Waals surface area contributed by atoms with Gasteiger partial charge < -0.3 is 5.32 Å². The molecule has 8 nitrogen and oxygen atoms in total. The molecule has 3 heterocycles. The lowest BCUT2D eigenvalue weighted by molar-refractivity contribution is -0.145. The van der Waals surface area contributed by atoms with Crippen molar-refractivity contribution in [1.82, 2.24) is 24.6 Å². The number of sulfonamides is 1. The number of rotatable bonds is 7. The molecule has 40 heavy (non-hydrogen) atoms. The highest BCUT2D eigenvalue weighted by Gasteiger charge is 2.49. The van der Waals surface area contributed by atoms with Crippen LogP contribution < -0.4 is 5.32 Å². The maximum Gasteiger partial charge on any atom is 0.451 e. The summed E-state index contributed by atoms with van der Waals surface area (Å²) in [4.78, 5) is 24.0. The Morgan fingerprint density at radius 1 is 1.07 bits per heavy atom. The zero-order valence-corrected chi connectivity index (χ0v) is 21.9. The number of carbonyl (C=O) groups excluding carboxylic acids is 1. The minimum Gasteiger partial charge on any atom is -0.351 e. The molecule has 3 atom stereocenters. The summed E-state index contributed by atoms with van der Waals surface area (Å²) in [5.74, 6) is -2.43. The van der Waals surface area contributed by atoms with Gasteiger partial charge in [-0.05, 0) is 67.1 Å². The molecule has 2 aromatic heterocycles. The van der Waals surface area contributed by atoms with Gasteiger partial charge in [-0.15, -0.1) is 0 Å². The van der Waals surface area contributed by atoms with Gasteiger partial charge in [0, 0.05) is 37.1 Å². The maximum atomic E-state index is 14.7. The molecule has 0 spiro atoms. The van der Waals surface area contributed by atoms with Gasteiger partial charge in [-0.1, -0.05) is 0 Å². The molecular formula is C26H24F5N5O3S. The van der Waals surface area contributed by atoms with E-state index in [1.807, 2.05) is 0 Å². The van der Waals surface area contributed by atoms with Gasteiger partial charge in [-0.25, -0.2) is 27.2 Å². The Bertz CT molecular complexity index is 1510. The zero-order valence-electron chi connectivity index (χ0n) is 21.1. The van der Waals surface area contributed by atoms with Crippen LogP contribution in [0.5, 0.6) is 0 Å². The molecule has 1 amide bonds. The molecule has 1 saturated heterocycles. The third kappa shape index (κ3) is 5.55. The van der Waals surface area contributed by atoms with Crippen molar-refractivity contribution in [3.63, 3.8) is 0 Å². The van der Waals surface area contributed by atoms with E-state index in [2.05, 4.69) is 20.3 Å². The van der Waals surface area contributed by atoms with Crippen molar-refractivity contribution in [2.24, 2.45) is 0 Å². The molecule has 3 aromatic rings. The zero-order chi connectivity index (χ0) is 28.8. The van der Waals surface area contributed by atoms with Crippen LogP contribution >= 0.6 is 0 Å². The summed E-state index contributed by atoms with van der Waals surface area (Å²) in [5.41, 5.74) is 2.01. The van der Waals surface area contributed by atoms with Crippen molar-refractivity contribution in [2.45, 2.75) is 68.0 Å². The number of carbonyl (C=O) groups is 1. The lowest BCUT2D eigenvalue weighted by atomic mass is 10.0. The fourth-order valence-electron chi connectivity index (χ4n) is 4.78. The van der Waals surface area contributed by atoms with Crippen LogP contribution in [0.3, 0.4) is 0 Å². The summed E-state index contributed by atoms with van der Waals surface area (Å²) in [5, 5.41) is 2.70. The van der Waals surface area contributed by atoms with Crippen molar-refractivity contribution in [3.8, 4) is 11.3 Å². The van der Waals surface area contributed by atoms with Crippen molar-refractivity contribution < 1.29 is 35.2 Å². The highest BCUT2D eigenvalue weighted by Crippen LogP contribution is 2.42. The number of pyridine rings is 1. The number of hydrogen-bond donors (Lipinski definition) is 1. The normalized spacial score (nSPS) is 21.9. The second kappa shape index (κ2) is 10.5. The van der Waals surface area contributed by atoms with E-state index in [9.17, 15) is 35.2 Å². The van der Waals surface area contributed by atoms with E-state index in [-0.39, 0.29) is 29.3 Å². The van der Waals surface area contributed by atoms with Gasteiger partial charge in [-0.2, -0.15) is 17.5 Å². The number of hydrogen-bond acceptors (Lipinski definition) is 6. The van der Waals surface area contributed by atoms with Crippen LogP contribution in [0.4, 0.5) is 22.0 Å². The average molecular weight is 582 g/mol. The number of halogens is 5. The summed E-state index contributed by atoms with van der Waals surface area (Å²) in [6.07, 6.45) is -1.23. The molecule has 212 valence electrons. The summed E-state index contributed by atoms with van der Waals surface area (Å²) in [7, 11) is -4.32. The van der Waals surface area contributed by atoms with E-state index < -0.39 is 52.0 Å². The third-order valence-electron chi connectivity index (χ3n) is 7.07. The number of amides is 1. The van der Waals surface area contributed by atoms with Crippen LogP contribution in [0.1, 0.15) is 49.1 Å². The summed E-state index contributed by atoms with van der Waals surface area (Å²) < 4.78 is 94.0. The molecule has 1 aromatic carbocycles. The molecule has 1 saturated carbocycles. The van der Waals surface area contributed by atoms with Crippen LogP contribution in [-0.2, 0) is 27.5 Å². The van der Waals surface area contributed by atoms with Crippen molar-refractivity contribution in [1.29, 1.82) is 0 Å². The second-order valence-corrected chi connectivity index (χ2v) is 11.7. The largest absolute Gasteiger partial charge is 0.451 e. The van der Waals surface area contributed by atoms with E-state index in [4.69, 9.17) is 0 Å². The molecule has 2 fully saturated rings. The number of nitrogens with zero attached hydrogens (tertiary/aromatic N) is 4. The van der Waals surface area contributed by atoms with Gasteiger partial charge in [0.25, 0.3) is 0 Å². The van der Waals surface area contributed by atoms with E-state index in [0.29, 0.717) is 11.3 Å². The van der Waals surface area contributed by atoms with E-state index in [1.165, 1.54) is 6.92 Å². The fourth-order valence-corrected chi connectivity index (χ4v) is 6.59. The first kappa shape index (κ1) is 28.0. The van der Waals surface area contributed by atoms with Crippen molar-refractivity contribution in [2.75, 3.05) is 0 Å². The third-order valence-corrected chi connectivity index (χ3v) is 9.08. The molecule has 3 unspecified atom stereocenters. The molecule has 0 radical (unpaired) electrons. The number of nitrogens with one attached hydrogen (secondary N) is 1. The van der Waals surface area contributed by atoms with Gasteiger partial charge in [0.15, 0.2) is 0 Å². The lowest BCUT2D eigenvalue weighted by Gasteiger charge is -2.27. The standard InChI is InChI=1S/C26H24F5N5O3S/c1-14-21(28)9-23(36(14)40(38,39)19-6-4-18(27)5-7-19)24(37)33-10-16-8-22(32-13-20(16)15-2-3-15)17-11-34-25(35-12-17)26(29,30)31/h4-8,11-15,21,23H,2-3,9-10H2,1H3,(H,33,37). The minimum atomic E-state index is -4.69. The molecule has 0 bridgehead atoms. The van der Waals surface area contributed by atoms with Gasteiger partial charge in [-0.3, -0.25) is 9.78 Å². The van der Waals surface area contributed by atoms with Gasteiger partial charge in [0.2, 0.25) is 21.8 Å². The van der Waals surface area contributed by atoms with Gasteiger partial charge in [0.05, 0.1) is 16.6 Å². The molecule has 1 N–H and O–H groups in total. The molecule has 14 heteroatoms. The first-order chi connectivity index (χ1) is 18.9. The SMILES string of the molecule is CC1C(F)CC(C(=O)NCc2cc(-c3cnc(C(F)(F)F)nc3)ncc2C2CC2)N1S(=O)(=O)c1ccc(F)cc1. The summed E-state index contributed by atoms with van der Waals surface area (Å²) in [6.45, 7) is 1.32. The second-order valence-electron chi connectivity index (χ2n) is 9.85. The van der Waals surface area contributed by atoms with Crippen LogP contribution in [0.25, 0.3) is 11.3 Å². The average Bonchev–Trinajstić information content (AvgIpc) is 3.71. The Hall–Kier alpha value is -3.52. The predicted molar refractivity (Wildman–Crippen MR) is 132 cm³/mol. The quantitative estimate of drug-likeness (QED) is 0.416. The first-order valence-corrected chi connectivity index (χ1v) is 13.9. The Balaban J connectivity index is 1.38. The Kier molecular flexibility index (Phi) is 7.33. The van der Waals surface area contributed by atoms with Gasteiger partial charge >= 0.3 is 6.18 Å². The number of benzene rings is 1. The summed E-state index contributed by atoms with van der Waals surface area (Å²) >= 11 is 0. The number of aromatic nitrogens is 3. The van der Waals surface area contributed by atoms with E-state index in [1.54, 1.807) is 12.3 Å². The summed E-state index contributed by atoms with van der Waals surface area (Å²) in [6, 6.07) is 3.21. The van der Waals surface area contributed by atoms with Crippen LogP contribution in [0.15, 0.2) is 53.8 Å². The van der Waals surface area contributed by atoms with Crippen molar-refractivity contribution in [3.05, 3.63) is 71.7 Å². The smallest absolute Gasteiger partial charge is 0.351 e. The Morgan fingerprint density at radius 3 is 2.33 bits per heavy atom. The predicted octanol–water partition coefficient (Wildman–Crippen LogP) is 4.38.